The van der Waals surface area contributed by atoms with Gasteiger partial charge in [-0.05, 0) is 42.8 Å². The lowest BCUT2D eigenvalue weighted by molar-refractivity contribution is 0.482. The summed E-state index contributed by atoms with van der Waals surface area (Å²) in [5, 5.41) is 0. The minimum atomic E-state index is 0.126. The zero-order valence-corrected chi connectivity index (χ0v) is 13.2. The SMILES string of the molecule is Cc1cc(C(Br)c2ccc(Oc3ccccc3)cc2)co1. The fourth-order valence-corrected chi connectivity index (χ4v) is 2.66. The van der Waals surface area contributed by atoms with Crippen LogP contribution < -0.4 is 4.74 Å². The van der Waals surface area contributed by atoms with Crippen LogP contribution in [0.15, 0.2) is 71.3 Å². The first-order valence-electron chi connectivity index (χ1n) is 6.74. The molecule has 0 spiro atoms. The van der Waals surface area contributed by atoms with Gasteiger partial charge in [0, 0.05) is 5.56 Å². The number of hydrogen-bond donors (Lipinski definition) is 0. The van der Waals surface area contributed by atoms with Gasteiger partial charge in [0.15, 0.2) is 0 Å². The molecule has 1 unspecified atom stereocenters. The Morgan fingerprint density at radius 1 is 0.905 bits per heavy atom. The molecule has 0 radical (unpaired) electrons. The molecule has 0 amide bonds. The number of para-hydroxylation sites is 1. The third kappa shape index (κ3) is 3.37. The van der Waals surface area contributed by atoms with Gasteiger partial charge in [-0.1, -0.05) is 46.3 Å². The molecule has 0 N–H and O–H groups in total. The van der Waals surface area contributed by atoms with Gasteiger partial charge in [0.2, 0.25) is 0 Å². The zero-order valence-electron chi connectivity index (χ0n) is 11.6. The lowest BCUT2D eigenvalue weighted by atomic mass is 10.1. The van der Waals surface area contributed by atoms with E-state index in [2.05, 4.69) is 28.1 Å². The predicted octanol–water partition coefficient (Wildman–Crippen LogP) is 5.86. The van der Waals surface area contributed by atoms with Crippen molar-refractivity contribution in [3.8, 4) is 11.5 Å². The van der Waals surface area contributed by atoms with E-state index in [1.807, 2.05) is 55.5 Å². The van der Waals surface area contributed by atoms with Crippen LogP contribution in [0.4, 0.5) is 0 Å². The third-order valence-electron chi connectivity index (χ3n) is 3.20. The number of alkyl halides is 1. The molecule has 1 aromatic heterocycles. The van der Waals surface area contributed by atoms with E-state index in [1.54, 1.807) is 6.26 Å². The van der Waals surface area contributed by atoms with Crippen molar-refractivity contribution < 1.29 is 9.15 Å². The summed E-state index contributed by atoms with van der Waals surface area (Å²) in [6, 6.07) is 19.9. The summed E-state index contributed by atoms with van der Waals surface area (Å²) in [6.07, 6.45) is 1.78. The molecule has 3 rings (SSSR count). The number of hydrogen-bond acceptors (Lipinski definition) is 2. The minimum Gasteiger partial charge on any atom is -0.469 e. The largest absolute Gasteiger partial charge is 0.469 e. The maximum absolute atomic E-state index is 5.79. The van der Waals surface area contributed by atoms with Crippen LogP contribution in [0.1, 0.15) is 21.7 Å². The molecule has 0 fully saturated rings. The van der Waals surface area contributed by atoms with E-state index in [0.29, 0.717) is 0 Å². The van der Waals surface area contributed by atoms with Crippen LogP contribution in [0.5, 0.6) is 11.5 Å². The van der Waals surface area contributed by atoms with E-state index < -0.39 is 0 Å². The Bertz CT molecular complexity index is 702. The third-order valence-corrected chi connectivity index (χ3v) is 4.25. The molecule has 21 heavy (non-hydrogen) atoms. The maximum atomic E-state index is 5.79. The highest BCUT2D eigenvalue weighted by atomic mass is 79.9. The second kappa shape index (κ2) is 6.19. The van der Waals surface area contributed by atoms with Gasteiger partial charge in [-0.25, -0.2) is 0 Å². The molecule has 1 atom stereocenters. The molecule has 3 heteroatoms. The highest BCUT2D eigenvalue weighted by Crippen LogP contribution is 2.33. The second-order valence-corrected chi connectivity index (χ2v) is 5.75. The highest BCUT2D eigenvalue weighted by molar-refractivity contribution is 9.09. The van der Waals surface area contributed by atoms with Crippen LogP contribution in [-0.4, -0.2) is 0 Å². The molecule has 0 bridgehead atoms. The fourth-order valence-electron chi connectivity index (χ4n) is 2.12. The summed E-state index contributed by atoms with van der Waals surface area (Å²) in [5.74, 6) is 2.58. The van der Waals surface area contributed by atoms with Crippen LogP contribution >= 0.6 is 15.9 Å². The summed E-state index contributed by atoms with van der Waals surface area (Å²) < 4.78 is 11.1. The molecule has 106 valence electrons. The Balaban J connectivity index is 1.75. The van der Waals surface area contributed by atoms with Crippen molar-refractivity contribution in [3.63, 3.8) is 0 Å². The molecular formula is C18H15BrO2. The van der Waals surface area contributed by atoms with E-state index in [1.165, 1.54) is 0 Å². The van der Waals surface area contributed by atoms with E-state index in [-0.39, 0.29) is 4.83 Å². The molecule has 3 aromatic rings. The summed E-state index contributed by atoms with van der Waals surface area (Å²) in [7, 11) is 0. The topological polar surface area (TPSA) is 22.4 Å². The van der Waals surface area contributed by atoms with E-state index >= 15 is 0 Å². The number of rotatable bonds is 4. The van der Waals surface area contributed by atoms with Crippen molar-refractivity contribution in [2.24, 2.45) is 0 Å². The molecule has 1 heterocycles. The smallest absolute Gasteiger partial charge is 0.127 e. The van der Waals surface area contributed by atoms with Gasteiger partial charge < -0.3 is 9.15 Å². The Kier molecular flexibility index (Phi) is 4.11. The van der Waals surface area contributed by atoms with Gasteiger partial charge in [-0.15, -0.1) is 0 Å². The van der Waals surface area contributed by atoms with Crippen molar-refractivity contribution in [2.75, 3.05) is 0 Å². The second-order valence-electron chi connectivity index (χ2n) is 4.84. The Labute approximate surface area is 132 Å². The standard InChI is InChI=1S/C18H15BrO2/c1-13-11-15(12-20-13)18(19)14-7-9-17(10-8-14)21-16-5-3-2-4-6-16/h2-12,18H,1H3. The summed E-state index contributed by atoms with van der Waals surface area (Å²) in [5.41, 5.74) is 2.28. The van der Waals surface area contributed by atoms with Crippen LogP contribution in [0.2, 0.25) is 0 Å². The first-order chi connectivity index (χ1) is 10.2. The maximum Gasteiger partial charge on any atom is 0.127 e. The van der Waals surface area contributed by atoms with Crippen LogP contribution in [-0.2, 0) is 0 Å². The molecule has 0 saturated carbocycles. The molecule has 2 aromatic carbocycles. The average Bonchev–Trinajstić information content (AvgIpc) is 2.95. The Hall–Kier alpha value is -2.00. The molecule has 0 aliphatic carbocycles. The van der Waals surface area contributed by atoms with E-state index in [0.717, 1.165) is 28.4 Å². The number of halogens is 1. The van der Waals surface area contributed by atoms with Crippen molar-refractivity contribution in [1.82, 2.24) is 0 Å². The predicted molar refractivity (Wildman–Crippen MR) is 87.2 cm³/mol. The molecule has 2 nitrogen and oxygen atoms in total. The van der Waals surface area contributed by atoms with E-state index in [4.69, 9.17) is 9.15 Å². The fraction of sp³-hybridized carbons (Fsp3) is 0.111. The van der Waals surface area contributed by atoms with Crippen molar-refractivity contribution in [3.05, 3.63) is 83.8 Å². The Morgan fingerprint density at radius 3 is 2.19 bits per heavy atom. The number of aryl methyl sites for hydroxylation is 1. The summed E-state index contributed by atoms with van der Waals surface area (Å²) in [4.78, 5) is 0.126. The highest BCUT2D eigenvalue weighted by Gasteiger charge is 2.12. The normalized spacial score (nSPS) is 12.1. The minimum absolute atomic E-state index is 0.126. The zero-order chi connectivity index (χ0) is 14.7. The van der Waals surface area contributed by atoms with Gasteiger partial charge in [-0.2, -0.15) is 0 Å². The van der Waals surface area contributed by atoms with Gasteiger partial charge in [-0.3, -0.25) is 0 Å². The quantitative estimate of drug-likeness (QED) is 0.553. The van der Waals surface area contributed by atoms with Crippen molar-refractivity contribution in [2.45, 2.75) is 11.8 Å². The van der Waals surface area contributed by atoms with Crippen molar-refractivity contribution >= 4 is 15.9 Å². The van der Waals surface area contributed by atoms with Gasteiger partial charge in [0.05, 0.1) is 11.1 Å². The van der Waals surface area contributed by atoms with Crippen LogP contribution in [0.25, 0.3) is 0 Å². The lowest BCUT2D eigenvalue weighted by Gasteiger charge is -2.10. The van der Waals surface area contributed by atoms with E-state index in [9.17, 15) is 0 Å². The van der Waals surface area contributed by atoms with Gasteiger partial charge in [0.25, 0.3) is 0 Å². The summed E-state index contributed by atoms with van der Waals surface area (Å²) in [6.45, 7) is 1.94. The van der Waals surface area contributed by atoms with Gasteiger partial charge in [0.1, 0.15) is 17.3 Å². The number of ether oxygens (including phenoxy) is 1. The molecule has 0 aliphatic heterocycles. The van der Waals surface area contributed by atoms with Crippen LogP contribution in [0, 0.1) is 6.92 Å². The number of furan rings is 1. The Morgan fingerprint density at radius 2 is 1.57 bits per heavy atom. The van der Waals surface area contributed by atoms with Crippen molar-refractivity contribution in [1.29, 1.82) is 0 Å². The molecule has 0 aliphatic rings. The summed E-state index contributed by atoms with van der Waals surface area (Å²) >= 11 is 3.70. The molecule has 0 saturated heterocycles. The first-order valence-corrected chi connectivity index (χ1v) is 7.66. The average molecular weight is 343 g/mol. The van der Waals surface area contributed by atoms with Gasteiger partial charge >= 0.3 is 0 Å². The first kappa shape index (κ1) is 14.0. The molecular weight excluding hydrogens is 328 g/mol. The number of benzene rings is 2. The van der Waals surface area contributed by atoms with Crippen LogP contribution in [0.3, 0.4) is 0 Å². The monoisotopic (exact) mass is 342 g/mol. The lowest BCUT2D eigenvalue weighted by Crippen LogP contribution is -1.91.